The number of carboxylic acids is 1. The molecule has 0 saturated carbocycles. The molecule has 0 bridgehead atoms. The number of carbonyl (C=O) groups is 1. The Labute approximate surface area is 104 Å². The van der Waals surface area contributed by atoms with Crippen LogP contribution in [-0.2, 0) is 16.1 Å². The minimum Gasteiger partial charge on any atom is -0.479 e. The normalized spacial score (nSPS) is 12.5. The van der Waals surface area contributed by atoms with Gasteiger partial charge in [0, 0.05) is 0 Å². The van der Waals surface area contributed by atoms with E-state index in [1.54, 1.807) is 0 Å². The highest BCUT2D eigenvalue weighted by molar-refractivity contribution is 5.85. The number of aliphatic hydroxyl groups is 1. The first-order valence-corrected chi connectivity index (χ1v) is 5.64. The highest BCUT2D eigenvalue weighted by Gasteiger charge is 2.12. The van der Waals surface area contributed by atoms with Crippen LogP contribution in [-0.4, -0.2) is 28.9 Å². The average Bonchev–Trinajstić information content (AvgIpc) is 2.38. The highest BCUT2D eigenvalue weighted by atomic mass is 16.5. The molecule has 0 spiro atoms. The lowest BCUT2D eigenvalue weighted by atomic mass is 10.1. The van der Waals surface area contributed by atoms with Gasteiger partial charge in [0.15, 0.2) is 6.10 Å². The van der Waals surface area contributed by atoms with Crippen LogP contribution in [0.1, 0.15) is 5.56 Å². The van der Waals surface area contributed by atoms with Gasteiger partial charge in [-0.3, -0.25) is 0 Å². The van der Waals surface area contributed by atoms with Crippen LogP contribution in [0.15, 0.2) is 42.5 Å². The summed E-state index contributed by atoms with van der Waals surface area (Å²) >= 11 is 0. The summed E-state index contributed by atoms with van der Waals surface area (Å²) in [7, 11) is 0. The molecular formula is C14H14O4. The predicted molar refractivity (Wildman–Crippen MR) is 67.2 cm³/mol. The van der Waals surface area contributed by atoms with E-state index in [9.17, 15) is 4.79 Å². The molecule has 1 unspecified atom stereocenters. The maximum absolute atomic E-state index is 10.4. The lowest BCUT2D eigenvalue weighted by Crippen LogP contribution is -2.25. The van der Waals surface area contributed by atoms with E-state index >= 15 is 0 Å². The Kier molecular flexibility index (Phi) is 3.92. The zero-order valence-corrected chi connectivity index (χ0v) is 9.74. The first-order valence-electron chi connectivity index (χ1n) is 5.64. The van der Waals surface area contributed by atoms with Crippen LogP contribution in [0.5, 0.6) is 0 Å². The van der Waals surface area contributed by atoms with Crippen LogP contribution in [0.25, 0.3) is 10.8 Å². The van der Waals surface area contributed by atoms with Crippen molar-refractivity contribution in [3.63, 3.8) is 0 Å². The van der Waals surface area contributed by atoms with Gasteiger partial charge in [-0.15, -0.1) is 0 Å². The fourth-order valence-corrected chi connectivity index (χ4v) is 1.77. The molecule has 0 saturated heterocycles. The van der Waals surface area contributed by atoms with Gasteiger partial charge in [0.25, 0.3) is 0 Å². The minimum absolute atomic E-state index is 0.210. The molecule has 18 heavy (non-hydrogen) atoms. The van der Waals surface area contributed by atoms with E-state index in [2.05, 4.69) is 0 Å². The highest BCUT2D eigenvalue weighted by Crippen LogP contribution is 2.19. The number of hydrogen-bond donors (Lipinski definition) is 2. The van der Waals surface area contributed by atoms with Gasteiger partial charge in [-0.1, -0.05) is 42.5 Å². The summed E-state index contributed by atoms with van der Waals surface area (Å²) in [6.07, 6.45) is -1.47. The van der Waals surface area contributed by atoms with Crippen molar-refractivity contribution >= 4 is 16.7 Å². The van der Waals surface area contributed by atoms with Crippen molar-refractivity contribution in [3.8, 4) is 0 Å². The van der Waals surface area contributed by atoms with E-state index in [4.69, 9.17) is 14.9 Å². The van der Waals surface area contributed by atoms with Crippen LogP contribution in [0.3, 0.4) is 0 Å². The van der Waals surface area contributed by atoms with Crippen LogP contribution in [0, 0.1) is 0 Å². The van der Waals surface area contributed by atoms with Gasteiger partial charge in [-0.05, 0) is 16.3 Å². The minimum atomic E-state index is -1.47. The molecule has 2 N–H and O–H groups in total. The molecular weight excluding hydrogens is 232 g/mol. The third kappa shape index (κ3) is 2.85. The summed E-state index contributed by atoms with van der Waals surface area (Å²) in [5.41, 5.74) is 0.977. The molecule has 0 aliphatic rings. The first kappa shape index (κ1) is 12.5. The fourth-order valence-electron chi connectivity index (χ4n) is 1.77. The standard InChI is InChI=1S/C14H14O4/c15-13(14(16)17)9-18-8-11-6-3-5-10-4-1-2-7-12(10)11/h1-7,13,15H,8-9H2,(H,16,17). The molecule has 4 nitrogen and oxygen atoms in total. The molecule has 0 aliphatic carbocycles. The van der Waals surface area contributed by atoms with E-state index in [0.29, 0.717) is 0 Å². The van der Waals surface area contributed by atoms with Crippen molar-refractivity contribution in [1.82, 2.24) is 0 Å². The van der Waals surface area contributed by atoms with Gasteiger partial charge >= 0.3 is 5.97 Å². The summed E-state index contributed by atoms with van der Waals surface area (Å²) in [4.78, 5) is 10.4. The smallest absolute Gasteiger partial charge is 0.334 e. The Morgan fingerprint density at radius 3 is 2.67 bits per heavy atom. The van der Waals surface area contributed by atoms with Crippen LogP contribution >= 0.6 is 0 Å². The Bertz CT molecular complexity index is 545. The number of rotatable bonds is 5. The van der Waals surface area contributed by atoms with Crippen molar-refractivity contribution in [2.75, 3.05) is 6.61 Å². The number of benzene rings is 2. The quantitative estimate of drug-likeness (QED) is 0.844. The molecule has 0 fully saturated rings. The van der Waals surface area contributed by atoms with Crippen molar-refractivity contribution in [3.05, 3.63) is 48.0 Å². The largest absolute Gasteiger partial charge is 0.479 e. The van der Waals surface area contributed by atoms with Gasteiger partial charge in [0.05, 0.1) is 13.2 Å². The van der Waals surface area contributed by atoms with Gasteiger partial charge in [-0.25, -0.2) is 4.79 Å². The SMILES string of the molecule is O=C(O)C(O)COCc1cccc2ccccc12. The summed E-state index contributed by atoms with van der Waals surface area (Å²) in [5.74, 6) is -1.27. The maximum Gasteiger partial charge on any atom is 0.334 e. The number of aliphatic hydroxyl groups excluding tert-OH is 1. The molecule has 94 valence electrons. The van der Waals surface area contributed by atoms with Gasteiger partial charge in [-0.2, -0.15) is 0 Å². The zero-order chi connectivity index (χ0) is 13.0. The molecule has 1 atom stereocenters. The molecule has 0 amide bonds. The number of aliphatic carboxylic acids is 1. The molecule has 0 radical (unpaired) electrons. The zero-order valence-electron chi connectivity index (χ0n) is 9.74. The second-order valence-electron chi connectivity index (χ2n) is 4.01. The maximum atomic E-state index is 10.4. The summed E-state index contributed by atoms with van der Waals surface area (Å²) in [5, 5.41) is 19.8. The number of ether oxygens (including phenoxy) is 1. The lowest BCUT2D eigenvalue weighted by Gasteiger charge is -2.09. The molecule has 2 aromatic rings. The lowest BCUT2D eigenvalue weighted by molar-refractivity contribution is -0.150. The van der Waals surface area contributed by atoms with E-state index in [1.807, 2.05) is 42.5 Å². The van der Waals surface area contributed by atoms with Crippen molar-refractivity contribution in [2.45, 2.75) is 12.7 Å². The Hall–Kier alpha value is -1.91. The third-order valence-electron chi connectivity index (χ3n) is 2.70. The molecule has 0 aromatic heterocycles. The number of fused-ring (bicyclic) bond motifs is 1. The third-order valence-corrected chi connectivity index (χ3v) is 2.70. The van der Waals surface area contributed by atoms with E-state index in [-0.39, 0.29) is 13.2 Å². The van der Waals surface area contributed by atoms with Crippen LogP contribution in [0.2, 0.25) is 0 Å². The predicted octanol–water partition coefficient (Wildman–Crippen LogP) is 1.80. The van der Waals surface area contributed by atoms with E-state index < -0.39 is 12.1 Å². The van der Waals surface area contributed by atoms with Crippen LogP contribution in [0.4, 0.5) is 0 Å². The van der Waals surface area contributed by atoms with Crippen molar-refractivity contribution in [1.29, 1.82) is 0 Å². The first-order chi connectivity index (χ1) is 8.68. The van der Waals surface area contributed by atoms with Gasteiger partial charge in [0.2, 0.25) is 0 Å². The second-order valence-corrected chi connectivity index (χ2v) is 4.01. The molecule has 0 heterocycles. The molecule has 0 aliphatic heterocycles. The Morgan fingerprint density at radius 2 is 1.89 bits per heavy atom. The van der Waals surface area contributed by atoms with Crippen LogP contribution < -0.4 is 0 Å². The number of hydrogen-bond acceptors (Lipinski definition) is 3. The van der Waals surface area contributed by atoms with Crippen molar-refractivity contribution in [2.24, 2.45) is 0 Å². The van der Waals surface area contributed by atoms with E-state index in [0.717, 1.165) is 16.3 Å². The Balaban J connectivity index is 2.06. The summed E-state index contributed by atoms with van der Waals surface area (Å²) < 4.78 is 5.22. The fraction of sp³-hybridized carbons (Fsp3) is 0.214. The number of carboxylic acid groups (broad SMARTS) is 1. The Morgan fingerprint density at radius 1 is 1.17 bits per heavy atom. The van der Waals surface area contributed by atoms with Gasteiger partial charge < -0.3 is 14.9 Å². The van der Waals surface area contributed by atoms with E-state index in [1.165, 1.54) is 0 Å². The average molecular weight is 246 g/mol. The summed E-state index contributed by atoms with van der Waals surface area (Å²) in [6.45, 7) is 0.0737. The molecule has 4 heteroatoms. The van der Waals surface area contributed by atoms with Gasteiger partial charge in [0.1, 0.15) is 0 Å². The topological polar surface area (TPSA) is 66.8 Å². The van der Waals surface area contributed by atoms with Crippen molar-refractivity contribution < 1.29 is 19.7 Å². The molecule has 2 rings (SSSR count). The monoisotopic (exact) mass is 246 g/mol. The summed E-state index contributed by atoms with van der Waals surface area (Å²) in [6, 6.07) is 13.8. The molecule has 2 aromatic carbocycles. The second kappa shape index (κ2) is 5.62.